The van der Waals surface area contributed by atoms with Crippen molar-refractivity contribution in [2.75, 3.05) is 19.6 Å². The third kappa shape index (κ3) is 3.40. The van der Waals surface area contributed by atoms with Crippen LogP contribution < -0.4 is 21.9 Å². The standard InChI is InChI=1S/C16H18N4O3/c21-14(18-9-11-5-7-17-8-6-11)10-20-15(22)12-3-1-2-4-13(12)19-16(20)23/h1-5,17H,6-10H2,(H,18,21)(H,19,23). The largest absolute Gasteiger partial charge is 0.351 e. The van der Waals surface area contributed by atoms with Crippen molar-refractivity contribution in [2.24, 2.45) is 0 Å². The molecule has 2 aromatic rings. The van der Waals surface area contributed by atoms with Gasteiger partial charge >= 0.3 is 5.69 Å². The molecule has 23 heavy (non-hydrogen) atoms. The van der Waals surface area contributed by atoms with Gasteiger partial charge in [-0.15, -0.1) is 0 Å². The molecular formula is C16H18N4O3. The number of H-pyrrole nitrogens is 1. The van der Waals surface area contributed by atoms with Gasteiger partial charge < -0.3 is 15.6 Å². The highest BCUT2D eigenvalue weighted by atomic mass is 16.2. The normalized spacial score (nSPS) is 14.5. The molecule has 1 aliphatic heterocycles. The zero-order valence-corrected chi connectivity index (χ0v) is 12.6. The van der Waals surface area contributed by atoms with Gasteiger partial charge in [-0.2, -0.15) is 0 Å². The summed E-state index contributed by atoms with van der Waals surface area (Å²) in [7, 11) is 0. The number of aromatic amines is 1. The molecule has 1 aliphatic rings. The zero-order chi connectivity index (χ0) is 16.2. The Bertz CT molecular complexity index is 879. The summed E-state index contributed by atoms with van der Waals surface area (Å²) in [5.41, 5.74) is 0.585. The fourth-order valence-corrected chi connectivity index (χ4v) is 2.58. The molecule has 0 bridgehead atoms. The molecule has 0 aliphatic carbocycles. The van der Waals surface area contributed by atoms with Crippen molar-refractivity contribution in [1.29, 1.82) is 0 Å². The second-order valence-corrected chi connectivity index (χ2v) is 5.46. The van der Waals surface area contributed by atoms with E-state index in [1.807, 2.05) is 6.08 Å². The third-order valence-corrected chi connectivity index (χ3v) is 3.86. The summed E-state index contributed by atoms with van der Waals surface area (Å²) in [5, 5.41) is 6.34. The second kappa shape index (κ2) is 6.62. The van der Waals surface area contributed by atoms with Crippen molar-refractivity contribution in [2.45, 2.75) is 13.0 Å². The van der Waals surface area contributed by atoms with Crippen LogP contribution in [-0.2, 0) is 11.3 Å². The smallest absolute Gasteiger partial charge is 0.329 e. The number of carbonyl (C=O) groups is 1. The Morgan fingerprint density at radius 1 is 1.26 bits per heavy atom. The van der Waals surface area contributed by atoms with Crippen molar-refractivity contribution >= 4 is 16.8 Å². The van der Waals surface area contributed by atoms with Crippen LogP contribution in [0.15, 0.2) is 45.5 Å². The van der Waals surface area contributed by atoms with E-state index in [2.05, 4.69) is 15.6 Å². The van der Waals surface area contributed by atoms with Gasteiger partial charge in [0, 0.05) is 13.1 Å². The summed E-state index contributed by atoms with van der Waals surface area (Å²) >= 11 is 0. The zero-order valence-electron chi connectivity index (χ0n) is 12.6. The van der Waals surface area contributed by atoms with Crippen molar-refractivity contribution in [3.05, 3.63) is 56.8 Å². The summed E-state index contributed by atoms with van der Waals surface area (Å²) in [6.45, 7) is 1.85. The van der Waals surface area contributed by atoms with Gasteiger partial charge in [0.05, 0.1) is 10.9 Å². The van der Waals surface area contributed by atoms with Crippen LogP contribution in [0.4, 0.5) is 0 Å². The summed E-state index contributed by atoms with van der Waals surface area (Å²) in [6, 6.07) is 6.74. The lowest BCUT2D eigenvalue weighted by atomic mass is 10.1. The molecule has 1 amide bonds. The Kier molecular flexibility index (Phi) is 4.38. The van der Waals surface area contributed by atoms with Gasteiger partial charge in [-0.3, -0.25) is 14.2 Å². The number of nitrogens with one attached hydrogen (secondary N) is 3. The number of fused-ring (bicyclic) bond motifs is 1. The molecule has 3 N–H and O–H groups in total. The summed E-state index contributed by atoms with van der Waals surface area (Å²) in [4.78, 5) is 39.0. The molecule has 0 radical (unpaired) electrons. The number of rotatable bonds is 4. The SMILES string of the molecule is O=C(Cn1c(=O)[nH]c2ccccc2c1=O)NCC1=CCNCC1. The van der Waals surface area contributed by atoms with Gasteiger partial charge in [0.2, 0.25) is 5.91 Å². The van der Waals surface area contributed by atoms with Gasteiger partial charge in [-0.05, 0) is 25.1 Å². The number of hydrogen-bond donors (Lipinski definition) is 3. The summed E-state index contributed by atoms with van der Waals surface area (Å²) in [5.74, 6) is -0.354. The first-order valence-electron chi connectivity index (χ1n) is 7.52. The highest BCUT2D eigenvalue weighted by molar-refractivity contribution is 5.78. The minimum absolute atomic E-state index is 0.287. The van der Waals surface area contributed by atoms with E-state index in [-0.39, 0.29) is 12.5 Å². The van der Waals surface area contributed by atoms with Gasteiger partial charge in [-0.1, -0.05) is 23.8 Å². The Balaban J connectivity index is 1.76. The molecule has 1 aromatic heterocycles. The number of carbonyl (C=O) groups excluding carboxylic acids is 1. The van der Waals surface area contributed by atoms with Gasteiger partial charge in [-0.25, -0.2) is 4.79 Å². The number of benzene rings is 1. The Labute approximate surface area is 132 Å². The van der Waals surface area contributed by atoms with E-state index in [9.17, 15) is 14.4 Å². The minimum atomic E-state index is -0.579. The maximum atomic E-state index is 12.3. The Hall–Kier alpha value is -2.67. The maximum Gasteiger partial charge on any atom is 0.329 e. The molecule has 0 saturated heterocycles. The molecule has 0 saturated carbocycles. The van der Waals surface area contributed by atoms with Crippen LogP contribution in [0.3, 0.4) is 0 Å². The van der Waals surface area contributed by atoms with Gasteiger partial charge in [0.1, 0.15) is 6.54 Å². The number of nitrogens with zero attached hydrogens (tertiary/aromatic N) is 1. The van der Waals surface area contributed by atoms with Crippen molar-refractivity contribution in [3.8, 4) is 0 Å². The lowest BCUT2D eigenvalue weighted by Gasteiger charge is -2.14. The summed E-state index contributed by atoms with van der Waals surface area (Å²) in [6.07, 6.45) is 2.93. The summed E-state index contributed by atoms with van der Waals surface area (Å²) < 4.78 is 0.925. The van der Waals surface area contributed by atoms with Crippen molar-refractivity contribution in [3.63, 3.8) is 0 Å². The van der Waals surface area contributed by atoms with Crippen LogP contribution in [0.5, 0.6) is 0 Å². The topological polar surface area (TPSA) is 96.0 Å². The minimum Gasteiger partial charge on any atom is -0.351 e. The predicted octanol–water partition coefficient (Wildman–Crippen LogP) is -0.274. The molecule has 0 spiro atoms. The monoisotopic (exact) mass is 314 g/mol. The molecule has 0 atom stereocenters. The van der Waals surface area contributed by atoms with E-state index in [4.69, 9.17) is 0 Å². The number of hydrogen-bond acceptors (Lipinski definition) is 4. The number of aromatic nitrogens is 2. The molecule has 2 heterocycles. The lowest BCUT2D eigenvalue weighted by Crippen LogP contribution is -2.41. The molecule has 3 rings (SSSR count). The highest BCUT2D eigenvalue weighted by Crippen LogP contribution is 2.03. The third-order valence-electron chi connectivity index (χ3n) is 3.86. The Morgan fingerprint density at radius 2 is 2.09 bits per heavy atom. The number of amides is 1. The molecular weight excluding hydrogens is 296 g/mol. The number of para-hydroxylation sites is 1. The van der Waals surface area contributed by atoms with Gasteiger partial charge in [0.15, 0.2) is 0 Å². The Morgan fingerprint density at radius 3 is 2.87 bits per heavy atom. The first-order chi connectivity index (χ1) is 11.1. The highest BCUT2D eigenvalue weighted by Gasteiger charge is 2.11. The van der Waals surface area contributed by atoms with E-state index in [1.165, 1.54) is 0 Å². The van der Waals surface area contributed by atoms with E-state index in [0.29, 0.717) is 17.4 Å². The van der Waals surface area contributed by atoms with E-state index in [0.717, 1.165) is 29.7 Å². The molecule has 7 heteroatoms. The molecule has 0 fully saturated rings. The van der Waals surface area contributed by atoms with Crippen molar-refractivity contribution < 1.29 is 4.79 Å². The van der Waals surface area contributed by atoms with Crippen LogP contribution in [0.25, 0.3) is 10.9 Å². The first kappa shape index (κ1) is 15.2. The van der Waals surface area contributed by atoms with Crippen LogP contribution in [0.2, 0.25) is 0 Å². The molecule has 0 unspecified atom stereocenters. The fraction of sp³-hybridized carbons (Fsp3) is 0.312. The molecule has 1 aromatic carbocycles. The average Bonchev–Trinajstić information content (AvgIpc) is 2.58. The quantitative estimate of drug-likeness (QED) is 0.677. The fourth-order valence-electron chi connectivity index (χ4n) is 2.58. The van der Waals surface area contributed by atoms with Gasteiger partial charge in [0.25, 0.3) is 5.56 Å². The van der Waals surface area contributed by atoms with Crippen LogP contribution in [-0.4, -0.2) is 35.1 Å². The van der Waals surface area contributed by atoms with E-state index >= 15 is 0 Å². The average molecular weight is 314 g/mol. The predicted molar refractivity (Wildman–Crippen MR) is 87.4 cm³/mol. The molecule has 7 nitrogen and oxygen atoms in total. The molecule has 120 valence electrons. The van der Waals surface area contributed by atoms with Crippen LogP contribution >= 0.6 is 0 Å². The van der Waals surface area contributed by atoms with E-state index < -0.39 is 11.2 Å². The lowest BCUT2D eigenvalue weighted by molar-refractivity contribution is -0.121. The maximum absolute atomic E-state index is 12.3. The second-order valence-electron chi connectivity index (χ2n) is 5.46. The van der Waals surface area contributed by atoms with Crippen LogP contribution in [0.1, 0.15) is 6.42 Å². The van der Waals surface area contributed by atoms with E-state index in [1.54, 1.807) is 24.3 Å². The first-order valence-corrected chi connectivity index (χ1v) is 7.52. The van der Waals surface area contributed by atoms with Crippen LogP contribution in [0, 0.1) is 0 Å². The van der Waals surface area contributed by atoms with Crippen molar-refractivity contribution in [1.82, 2.24) is 20.2 Å².